The summed E-state index contributed by atoms with van der Waals surface area (Å²) in [7, 11) is 0. The van der Waals surface area contributed by atoms with Crippen molar-refractivity contribution in [1.29, 1.82) is 0 Å². The molecular formula is C21H23NO5S. The molecule has 7 heteroatoms. The largest absolute Gasteiger partial charge is 0.492 e. The Morgan fingerprint density at radius 1 is 1.25 bits per heavy atom. The van der Waals surface area contributed by atoms with Crippen molar-refractivity contribution in [2.45, 2.75) is 25.9 Å². The number of amides is 1. The molecule has 1 aromatic carbocycles. The van der Waals surface area contributed by atoms with Gasteiger partial charge in [0.2, 0.25) is 0 Å². The average Bonchev–Trinajstić information content (AvgIpc) is 3.34. The third kappa shape index (κ3) is 3.77. The van der Waals surface area contributed by atoms with Gasteiger partial charge in [-0.05, 0) is 30.9 Å². The molecule has 1 amide bonds. The Morgan fingerprint density at radius 3 is 3.00 bits per heavy atom. The van der Waals surface area contributed by atoms with Crippen molar-refractivity contribution in [2.75, 3.05) is 32.9 Å². The van der Waals surface area contributed by atoms with Gasteiger partial charge in [-0.25, -0.2) is 0 Å². The highest BCUT2D eigenvalue weighted by atomic mass is 32.1. The Hall–Kier alpha value is -2.38. The highest BCUT2D eigenvalue weighted by Gasteiger charge is 2.29. The van der Waals surface area contributed by atoms with Crippen LogP contribution in [0.15, 0.2) is 29.6 Å². The molecule has 2 aliphatic rings. The number of benzene rings is 1. The van der Waals surface area contributed by atoms with E-state index in [9.17, 15) is 9.59 Å². The maximum absolute atomic E-state index is 12.9. The number of ether oxygens (including phenoxy) is 3. The summed E-state index contributed by atoms with van der Waals surface area (Å²) in [6.07, 6.45) is 1.06. The molecule has 1 saturated heterocycles. The van der Waals surface area contributed by atoms with Gasteiger partial charge in [0.15, 0.2) is 5.78 Å². The second-order valence-electron chi connectivity index (χ2n) is 6.81. The smallest absolute Gasteiger partial charge is 0.267 e. The third-order valence-electron chi connectivity index (χ3n) is 5.01. The van der Waals surface area contributed by atoms with Crippen LogP contribution in [-0.4, -0.2) is 55.6 Å². The van der Waals surface area contributed by atoms with Crippen LogP contribution in [0.4, 0.5) is 0 Å². The van der Waals surface area contributed by atoms with Gasteiger partial charge in [-0.2, -0.15) is 0 Å². The lowest BCUT2D eigenvalue weighted by atomic mass is 10.1. The van der Waals surface area contributed by atoms with E-state index in [1.165, 1.54) is 11.3 Å². The van der Waals surface area contributed by atoms with Gasteiger partial charge in [0, 0.05) is 24.1 Å². The van der Waals surface area contributed by atoms with Crippen molar-refractivity contribution in [1.82, 2.24) is 4.90 Å². The molecule has 28 heavy (non-hydrogen) atoms. The number of Topliss-reactive ketones (excluding diaryl/α,β-unsaturated/α-hetero) is 1. The summed E-state index contributed by atoms with van der Waals surface area (Å²) < 4.78 is 17.3. The van der Waals surface area contributed by atoms with E-state index in [1.807, 2.05) is 36.6 Å². The predicted octanol–water partition coefficient (Wildman–Crippen LogP) is 3.20. The van der Waals surface area contributed by atoms with Crippen LogP contribution in [0, 0.1) is 0 Å². The Balaban J connectivity index is 1.39. The fourth-order valence-corrected chi connectivity index (χ4v) is 4.45. The van der Waals surface area contributed by atoms with E-state index in [2.05, 4.69) is 0 Å². The van der Waals surface area contributed by atoms with Crippen LogP contribution in [0.25, 0.3) is 0 Å². The van der Waals surface area contributed by atoms with Crippen LogP contribution in [0.3, 0.4) is 0 Å². The summed E-state index contributed by atoms with van der Waals surface area (Å²) >= 11 is 1.40. The van der Waals surface area contributed by atoms with Crippen molar-refractivity contribution >= 4 is 23.0 Å². The van der Waals surface area contributed by atoms with Crippen molar-refractivity contribution in [2.24, 2.45) is 0 Å². The van der Waals surface area contributed by atoms with Crippen molar-refractivity contribution in [3.63, 3.8) is 0 Å². The fourth-order valence-electron chi connectivity index (χ4n) is 3.65. The van der Waals surface area contributed by atoms with E-state index in [4.69, 9.17) is 14.2 Å². The van der Waals surface area contributed by atoms with Crippen molar-refractivity contribution in [3.8, 4) is 11.5 Å². The van der Waals surface area contributed by atoms with Gasteiger partial charge >= 0.3 is 0 Å². The molecule has 0 saturated carbocycles. The van der Waals surface area contributed by atoms with Crippen LogP contribution in [0.2, 0.25) is 0 Å². The number of carbonyl (C=O) groups excluding carboxylic acids is 2. The van der Waals surface area contributed by atoms with Crippen LogP contribution in [0.1, 0.15) is 38.9 Å². The minimum Gasteiger partial charge on any atom is -0.492 e. The predicted molar refractivity (Wildman–Crippen MR) is 106 cm³/mol. The number of morpholine rings is 1. The van der Waals surface area contributed by atoms with Crippen LogP contribution in [-0.2, 0) is 11.2 Å². The molecule has 1 aliphatic carbocycles. The molecule has 1 unspecified atom stereocenters. The fraction of sp³-hybridized carbons (Fsp3) is 0.429. The number of hydrogen-bond acceptors (Lipinski definition) is 6. The van der Waals surface area contributed by atoms with E-state index in [-0.39, 0.29) is 17.8 Å². The molecule has 0 spiro atoms. The molecule has 2 heterocycles. The molecule has 0 N–H and O–H groups in total. The number of ketones is 1. The number of rotatable bonds is 6. The lowest BCUT2D eigenvalue weighted by Gasteiger charge is -2.32. The zero-order valence-electron chi connectivity index (χ0n) is 15.8. The quantitative estimate of drug-likeness (QED) is 0.744. The minimum atomic E-state index is -0.207. The second kappa shape index (κ2) is 8.32. The SMILES string of the molecule is CCOc1ccsc1C(=O)N1CCOC(COc2cccc3c2CCC3=O)C1. The Kier molecular flexibility index (Phi) is 5.64. The highest BCUT2D eigenvalue weighted by molar-refractivity contribution is 7.12. The average molecular weight is 401 g/mol. The van der Waals surface area contributed by atoms with E-state index in [0.29, 0.717) is 50.0 Å². The standard InChI is InChI=1S/C21H23NO5S/c1-2-25-19-8-11-28-20(19)21(24)22-9-10-26-14(12-22)13-27-18-5-3-4-15-16(18)6-7-17(15)23/h3-5,8,11,14H,2,6-7,9-10,12-13H2,1H3. The van der Waals surface area contributed by atoms with Crippen LogP contribution < -0.4 is 9.47 Å². The monoisotopic (exact) mass is 401 g/mol. The lowest BCUT2D eigenvalue weighted by molar-refractivity contribution is -0.0401. The summed E-state index contributed by atoms with van der Waals surface area (Å²) in [5.41, 5.74) is 1.75. The van der Waals surface area contributed by atoms with Crippen LogP contribution in [0.5, 0.6) is 11.5 Å². The summed E-state index contributed by atoms with van der Waals surface area (Å²) in [5.74, 6) is 1.53. The Bertz CT molecular complexity index is 877. The molecule has 1 aliphatic heterocycles. The van der Waals surface area contributed by atoms with Gasteiger partial charge in [-0.15, -0.1) is 11.3 Å². The number of hydrogen-bond donors (Lipinski definition) is 0. The van der Waals surface area contributed by atoms with E-state index < -0.39 is 0 Å². The summed E-state index contributed by atoms with van der Waals surface area (Å²) in [5, 5.41) is 1.87. The van der Waals surface area contributed by atoms with Gasteiger partial charge in [0.1, 0.15) is 29.1 Å². The van der Waals surface area contributed by atoms with Gasteiger partial charge in [-0.3, -0.25) is 9.59 Å². The number of nitrogens with zero attached hydrogens (tertiary/aromatic N) is 1. The van der Waals surface area contributed by atoms with E-state index in [0.717, 1.165) is 23.3 Å². The Morgan fingerprint density at radius 2 is 2.14 bits per heavy atom. The molecule has 0 bridgehead atoms. The maximum Gasteiger partial charge on any atom is 0.267 e. The highest BCUT2D eigenvalue weighted by Crippen LogP contribution is 2.31. The molecule has 2 aromatic rings. The zero-order valence-corrected chi connectivity index (χ0v) is 16.6. The van der Waals surface area contributed by atoms with Gasteiger partial charge in [0.05, 0.1) is 19.8 Å². The minimum absolute atomic E-state index is 0.0297. The first-order chi connectivity index (χ1) is 13.7. The third-order valence-corrected chi connectivity index (χ3v) is 5.89. The Labute approximate surface area is 168 Å². The van der Waals surface area contributed by atoms with E-state index >= 15 is 0 Å². The molecule has 148 valence electrons. The number of fused-ring (bicyclic) bond motifs is 1. The van der Waals surface area contributed by atoms with Gasteiger partial charge in [-0.1, -0.05) is 12.1 Å². The van der Waals surface area contributed by atoms with Gasteiger partial charge in [0.25, 0.3) is 5.91 Å². The van der Waals surface area contributed by atoms with E-state index in [1.54, 1.807) is 4.90 Å². The van der Waals surface area contributed by atoms with Crippen molar-refractivity contribution in [3.05, 3.63) is 45.6 Å². The molecule has 0 radical (unpaired) electrons. The summed E-state index contributed by atoms with van der Waals surface area (Å²) in [6.45, 7) is 4.27. The topological polar surface area (TPSA) is 65.1 Å². The molecule has 4 rings (SSSR count). The van der Waals surface area contributed by atoms with Gasteiger partial charge < -0.3 is 19.1 Å². The maximum atomic E-state index is 12.9. The molecular weight excluding hydrogens is 378 g/mol. The van der Waals surface area contributed by atoms with Crippen molar-refractivity contribution < 1.29 is 23.8 Å². The van der Waals surface area contributed by atoms with Crippen LogP contribution >= 0.6 is 11.3 Å². The lowest BCUT2D eigenvalue weighted by Crippen LogP contribution is -2.47. The number of thiophene rings is 1. The number of carbonyl (C=O) groups is 2. The first-order valence-electron chi connectivity index (χ1n) is 9.56. The molecule has 1 aromatic heterocycles. The zero-order chi connectivity index (χ0) is 19.5. The normalized spacial score (nSPS) is 18.8. The molecule has 1 fully saturated rings. The second-order valence-corrected chi connectivity index (χ2v) is 7.72. The first-order valence-corrected chi connectivity index (χ1v) is 10.4. The summed E-state index contributed by atoms with van der Waals surface area (Å²) in [4.78, 5) is 27.2. The molecule has 6 nitrogen and oxygen atoms in total. The summed E-state index contributed by atoms with van der Waals surface area (Å²) in [6, 6.07) is 7.43. The molecule has 1 atom stereocenters. The first kappa shape index (κ1) is 19.0.